The number of carboxylic acid groups (broad SMARTS) is 1. The molecule has 0 bridgehead atoms. The summed E-state index contributed by atoms with van der Waals surface area (Å²) in [7, 11) is 1.14. The van der Waals surface area contributed by atoms with Crippen molar-refractivity contribution >= 4 is 11.9 Å². The summed E-state index contributed by atoms with van der Waals surface area (Å²) in [5, 5.41) is 17.5. The van der Waals surface area contributed by atoms with E-state index in [2.05, 4.69) is 4.74 Å². The van der Waals surface area contributed by atoms with Crippen LogP contribution in [0.25, 0.3) is 0 Å². The fourth-order valence-electron chi connectivity index (χ4n) is 0.892. The summed E-state index contributed by atoms with van der Waals surface area (Å²) in [5.41, 5.74) is 0. The molecule has 76 valence electrons. The SMILES string of the molecule is COC(=O)C(CCC(C)O)C(=O)O. The summed E-state index contributed by atoms with van der Waals surface area (Å²) >= 11 is 0. The summed E-state index contributed by atoms with van der Waals surface area (Å²) in [6.07, 6.45) is -0.238. The van der Waals surface area contributed by atoms with Crippen LogP contribution < -0.4 is 0 Å². The zero-order valence-electron chi connectivity index (χ0n) is 7.69. The molecule has 0 aliphatic heterocycles. The molecule has 0 aromatic rings. The van der Waals surface area contributed by atoms with Gasteiger partial charge in [0.1, 0.15) is 0 Å². The molecule has 0 amide bonds. The number of aliphatic hydroxyl groups is 1. The van der Waals surface area contributed by atoms with Gasteiger partial charge in [-0.1, -0.05) is 0 Å². The zero-order valence-corrected chi connectivity index (χ0v) is 7.69. The van der Waals surface area contributed by atoms with Gasteiger partial charge in [0.05, 0.1) is 13.2 Å². The average molecular weight is 190 g/mol. The zero-order chi connectivity index (χ0) is 10.4. The standard InChI is InChI=1S/C8H14O5/c1-5(9)3-4-6(7(10)11)8(12)13-2/h5-6,9H,3-4H2,1-2H3,(H,10,11). The number of carbonyl (C=O) groups excluding carboxylic acids is 1. The van der Waals surface area contributed by atoms with Gasteiger partial charge < -0.3 is 14.9 Å². The minimum Gasteiger partial charge on any atom is -0.481 e. The van der Waals surface area contributed by atoms with Gasteiger partial charge in [0.2, 0.25) is 0 Å². The normalized spacial score (nSPS) is 14.7. The third-order valence-electron chi connectivity index (χ3n) is 1.66. The monoisotopic (exact) mass is 190 g/mol. The lowest BCUT2D eigenvalue weighted by molar-refractivity contribution is -0.157. The number of hydrogen-bond acceptors (Lipinski definition) is 4. The Morgan fingerprint density at radius 2 is 1.92 bits per heavy atom. The van der Waals surface area contributed by atoms with E-state index in [1.54, 1.807) is 0 Å². The lowest BCUT2D eigenvalue weighted by Crippen LogP contribution is -2.25. The van der Waals surface area contributed by atoms with Crippen LogP contribution in [-0.4, -0.2) is 35.4 Å². The van der Waals surface area contributed by atoms with E-state index in [9.17, 15) is 9.59 Å². The number of methoxy groups -OCH3 is 1. The molecule has 2 atom stereocenters. The van der Waals surface area contributed by atoms with Gasteiger partial charge in [-0.05, 0) is 19.8 Å². The minimum absolute atomic E-state index is 0.0969. The summed E-state index contributed by atoms with van der Waals surface area (Å²) < 4.78 is 4.30. The van der Waals surface area contributed by atoms with E-state index < -0.39 is 24.0 Å². The molecular weight excluding hydrogens is 176 g/mol. The molecule has 0 saturated carbocycles. The first-order valence-electron chi connectivity index (χ1n) is 3.97. The number of carboxylic acids is 1. The summed E-state index contributed by atoms with van der Waals surface area (Å²) in [4.78, 5) is 21.4. The number of hydrogen-bond donors (Lipinski definition) is 2. The highest BCUT2D eigenvalue weighted by Gasteiger charge is 2.26. The van der Waals surface area contributed by atoms with Crippen LogP contribution in [0.2, 0.25) is 0 Å². The molecule has 0 aliphatic carbocycles. The van der Waals surface area contributed by atoms with E-state index in [1.165, 1.54) is 6.92 Å². The number of carbonyl (C=O) groups is 2. The third kappa shape index (κ3) is 4.47. The molecule has 0 aromatic carbocycles. The molecule has 0 spiro atoms. The topological polar surface area (TPSA) is 83.8 Å². The highest BCUT2D eigenvalue weighted by Crippen LogP contribution is 2.10. The molecule has 2 N–H and O–H groups in total. The van der Waals surface area contributed by atoms with Gasteiger partial charge in [-0.15, -0.1) is 0 Å². The molecule has 0 aromatic heterocycles. The predicted octanol–water partition coefficient (Wildman–Crippen LogP) is 0.0212. The third-order valence-corrected chi connectivity index (χ3v) is 1.66. The molecule has 0 rings (SSSR count). The van der Waals surface area contributed by atoms with Crippen molar-refractivity contribution in [3.05, 3.63) is 0 Å². The van der Waals surface area contributed by atoms with E-state index >= 15 is 0 Å². The van der Waals surface area contributed by atoms with Crippen LogP contribution in [0.1, 0.15) is 19.8 Å². The van der Waals surface area contributed by atoms with Crippen LogP contribution in [0.4, 0.5) is 0 Å². The van der Waals surface area contributed by atoms with Crippen LogP contribution in [-0.2, 0) is 14.3 Å². The van der Waals surface area contributed by atoms with Crippen LogP contribution in [0.3, 0.4) is 0 Å². The van der Waals surface area contributed by atoms with E-state index in [-0.39, 0.29) is 12.8 Å². The van der Waals surface area contributed by atoms with Crippen molar-refractivity contribution in [3.63, 3.8) is 0 Å². The van der Waals surface area contributed by atoms with Crippen LogP contribution >= 0.6 is 0 Å². The maximum absolute atomic E-state index is 10.9. The molecule has 0 aliphatic rings. The predicted molar refractivity (Wildman–Crippen MR) is 44.1 cm³/mol. The second-order valence-electron chi connectivity index (χ2n) is 2.84. The van der Waals surface area contributed by atoms with Crippen LogP contribution in [0.15, 0.2) is 0 Å². The Kier molecular flexibility index (Phi) is 5.06. The van der Waals surface area contributed by atoms with Crippen molar-refractivity contribution in [2.75, 3.05) is 7.11 Å². The Morgan fingerprint density at radius 3 is 2.23 bits per heavy atom. The Hall–Kier alpha value is -1.10. The second kappa shape index (κ2) is 5.53. The molecule has 5 nitrogen and oxygen atoms in total. The van der Waals surface area contributed by atoms with Crippen molar-refractivity contribution in [1.29, 1.82) is 0 Å². The fraction of sp³-hybridized carbons (Fsp3) is 0.750. The molecule has 0 radical (unpaired) electrons. The maximum atomic E-state index is 10.9. The number of aliphatic carboxylic acids is 1. The van der Waals surface area contributed by atoms with Crippen LogP contribution in [0, 0.1) is 5.92 Å². The van der Waals surface area contributed by atoms with E-state index in [0.717, 1.165) is 7.11 Å². The largest absolute Gasteiger partial charge is 0.481 e. The van der Waals surface area contributed by atoms with Gasteiger partial charge in [0.25, 0.3) is 0 Å². The van der Waals surface area contributed by atoms with Crippen molar-refractivity contribution in [1.82, 2.24) is 0 Å². The van der Waals surface area contributed by atoms with Gasteiger partial charge >= 0.3 is 11.9 Å². The van der Waals surface area contributed by atoms with Crippen molar-refractivity contribution < 1.29 is 24.5 Å². The molecule has 13 heavy (non-hydrogen) atoms. The first-order valence-corrected chi connectivity index (χ1v) is 3.97. The Morgan fingerprint density at radius 1 is 1.38 bits per heavy atom. The molecular formula is C8H14O5. The second-order valence-corrected chi connectivity index (χ2v) is 2.84. The quantitative estimate of drug-likeness (QED) is 0.471. The fourth-order valence-corrected chi connectivity index (χ4v) is 0.892. The van der Waals surface area contributed by atoms with Crippen molar-refractivity contribution in [2.24, 2.45) is 5.92 Å². The molecule has 0 fully saturated rings. The van der Waals surface area contributed by atoms with Crippen molar-refractivity contribution in [3.8, 4) is 0 Å². The summed E-state index contributed by atoms with van der Waals surface area (Å²) in [6, 6.07) is 0. The van der Waals surface area contributed by atoms with Gasteiger partial charge in [-0.3, -0.25) is 9.59 Å². The van der Waals surface area contributed by atoms with E-state index in [1.807, 2.05) is 0 Å². The highest BCUT2D eigenvalue weighted by molar-refractivity contribution is 5.93. The number of ether oxygens (including phenoxy) is 1. The molecule has 2 unspecified atom stereocenters. The Balaban J connectivity index is 4.11. The first kappa shape index (κ1) is 11.9. The smallest absolute Gasteiger partial charge is 0.320 e. The van der Waals surface area contributed by atoms with Crippen molar-refractivity contribution in [2.45, 2.75) is 25.9 Å². The lowest BCUT2D eigenvalue weighted by atomic mass is 10.0. The van der Waals surface area contributed by atoms with Gasteiger partial charge in [-0.25, -0.2) is 0 Å². The van der Waals surface area contributed by atoms with Gasteiger partial charge in [-0.2, -0.15) is 0 Å². The molecule has 0 saturated heterocycles. The number of esters is 1. The molecule has 0 heterocycles. The maximum Gasteiger partial charge on any atom is 0.320 e. The summed E-state index contributed by atoms with van der Waals surface area (Å²) in [5.74, 6) is -3.15. The first-order chi connectivity index (χ1) is 5.99. The highest BCUT2D eigenvalue weighted by atomic mass is 16.5. The molecule has 5 heteroatoms. The van der Waals surface area contributed by atoms with Crippen LogP contribution in [0.5, 0.6) is 0 Å². The summed E-state index contributed by atoms with van der Waals surface area (Å²) in [6.45, 7) is 1.54. The Bertz CT molecular complexity index is 187. The number of aliphatic hydroxyl groups excluding tert-OH is 1. The average Bonchev–Trinajstić information content (AvgIpc) is 2.03. The van der Waals surface area contributed by atoms with E-state index in [4.69, 9.17) is 10.2 Å². The minimum atomic E-state index is -1.22. The Labute approximate surface area is 76.3 Å². The number of rotatable bonds is 5. The van der Waals surface area contributed by atoms with Gasteiger partial charge in [0.15, 0.2) is 5.92 Å². The van der Waals surface area contributed by atoms with Gasteiger partial charge in [0, 0.05) is 0 Å². The van der Waals surface area contributed by atoms with E-state index in [0.29, 0.717) is 0 Å². The lowest BCUT2D eigenvalue weighted by Gasteiger charge is -2.10.